The zero-order chi connectivity index (χ0) is 16.1. The minimum absolute atomic E-state index is 0.0322. The summed E-state index contributed by atoms with van der Waals surface area (Å²) in [6.07, 6.45) is 1.58. The fourth-order valence-electron chi connectivity index (χ4n) is 1.93. The van der Waals surface area contributed by atoms with E-state index in [1.807, 2.05) is 0 Å². The maximum Gasteiger partial charge on any atom is 0.270 e. The zero-order valence-electron chi connectivity index (χ0n) is 12.1. The van der Waals surface area contributed by atoms with Gasteiger partial charge in [0.05, 0.1) is 17.7 Å². The van der Waals surface area contributed by atoms with Gasteiger partial charge >= 0.3 is 0 Å². The molecule has 0 saturated carbocycles. The number of Topliss-reactive ketones (excluding diaryl/α,β-unsaturated/α-hetero) is 1. The first-order chi connectivity index (χ1) is 10.5. The van der Waals surface area contributed by atoms with E-state index in [-0.39, 0.29) is 11.5 Å². The van der Waals surface area contributed by atoms with Crippen molar-refractivity contribution >= 4 is 23.1 Å². The van der Waals surface area contributed by atoms with Gasteiger partial charge in [-0.2, -0.15) is 0 Å². The summed E-state index contributed by atoms with van der Waals surface area (Å²) in [5.41, 5.74) is 1.34. The van der Waals surface area contributed by atoms with Gasteiger partial charge in [-0.15, -0.1) is 0 Å². The molecule has 0 atom stereocenters. The molecule has 0 aliphatic rings. The number of allylic oxidation sites excluding steroid dienone is 1. The van der Waals surface area contributed by atoms with Gasteiger partial charge in [0.25, 0.3) is 5.69 Å². The second-order valence-electron chi connectivity index (χ2n) is 4.53. The van der Waals surface area contributed by atoms with Crippen molar-refractivity contribution in [1.29, 1.82) is 0 Å². The molecule has 112 valence electrons. The summed E-state index contributed by atoms with van der Waals surface area (Å²) in [6.45, 7) is 1.42. The third-order valence-corrected chi connectivity index (χ3v) is 2.98. The Morgan fingerprint density at radius 1 is 1.27 bits per heavy atom. The molecular formula is C16H14N2O4. The van der Waals surface area contributed by atoms with E-state index in [4.69, 9.17) is 4.74 Å². The van der Waals surface area contributed by atoms with Gasteiger partial charge < -0.3 is 4.74 Å². The highest BCUT2D eigenvalue weighted by Crippen LogP contribution is 2.22. The highest BCUT2D eigenvalue weighted by Gasteiger charge is 2.11. The summed E-state index contributed by atoms with van der Waals surface area (Å²) in [4.78, 5) is 26.4. The van der Waals surface area contributed by atoms with Crippen LogP contribution in [0.2, 0.25) is 0 Å². The van der Waals surface area contributed by atoms with Crippen LogP contribution in [0.3, 0.4) is 0 Å². The molecule has 0 unspecified atom stereocenters. The van der Waals surface area contributed by atoms with E-state index in [0.29, 0.717) is 22.7 Å². The molecule has 22 heavy (non-hydrogen) atoms. The lowest BCUT2D eigenvalue weighted by Gasteiger charge is -2.06. The molecule has 1 heterocycles. The molecule has 0 saturated heterocycles. The van der Waals surface area contributed by atoms with Crippen LogP contribution in [0.1, 0.15) is 18.2 Å². The third kappa shape index (κ3) is 3.54. The quantitative estimate of drug-likeness (QED) is 0.481. The number of nitrogens with zero attached hydrogens (tertiary/aromatic N) is 2. The van der Waals surface area contributed by atoms with Crippen LogP contribution in [0.5, 0.6) is 5.88 Å². The lowest BCUT2D eigenvalue weighted by atomic mass is 10.0. The fourth-order valence-corrected chi connectivity index (χ4v) is 1.93. The summed E-state index contributed by atoms with van der Waals surface area (Å²) in [5, 5.41) is 10.8. The van der Waals surface area contributed by atoms with Crippen molar-refractivity contribution in [2.75, 3.05) is 7.11 Å². The Morgan fingerprint density at radius 3 is 2.64 bits per heavy atom. The first-order valence-corrected chi connectivity index (χ1v) is 6.50. The van der Waals surface area contributed by atoms with Crippen molar-refractivity contribution < 1.29 is 14.5 Å². The van der Waals surface area contributed by atoms with Crippen LogP contribution in [0.15, 0.2) is 42.5 Å². The maximum atomic E-state index is 11.9. The smallest absolute Gasteiger partial charge is 0.270 e. The highest BCUT2D eigenvalue weighted by molar-refractivity contribution is 6.23. The van der Waals surface area contributed by atoms with Crippen LogP contribution in [0.4, 0.5) is 5.69 Å². The van der Waals surface area contributed by atoms with Gasteiger partial charge in [0, 0.05) is 23.8 Å². The lowest BCUT2D eigenvalue weighted by molar-refractivity contribution is -0.384. The maximum absolute atomic E-state index is 11.9. The molecule has 0 fully saturated rings. The van der Waals surface area contributed by atoms with E-state index in [0.717, 1.165) is 0 Å². The molecule has 0 bridgehead atoms. The van der Waals surface area contributed by atoms with E-state index in [1.165, 1.54) is 26.2 Å². The van der Waals surface area contributed by atoms with Crippen LogP contribution in [-0.2, 0) is 4.79 Å². The Hall–Kier alpha value is -3.02. The van der Waals surface area contributed by atoms with Crippen molar-refractivity contribution in [2.24, 2.45) is 0 Å². The number of methoxy groups -OCH3 is 1. The number of nitro benzene ring substituents is 1. The van der Waals surface area contributed by atoms with Gasteiger partial charge in [-0.25, -0.2) is 4.98 Å². The number of non-ortho nitro benzene ring substituents is 1. The van der Waals surface area contributed by atoms with Crippen LogP contribution >= 0.6 is 0 Å². The van der Waals surface area contributed by atoms with Crippen LogP contribution in [0, 0.1) is 10.1 Å². The summed E-state index contributed by atoms with van der Waals surface area (Å²) in [6, 6.07) is 11.2. The number of pyridine rings is 1. The second-order valence-corrected chi connectivity index (χ2v) is 4.53. The number of ether oxygens (including phenoxy) is 1. The molecule has 6 heteroatoms. The number of hydrogen-bond acceptors (Lipinski definition) is 5. The molecular weight excluding hydrogens is 284 g/mol. The SMILES string of the molecule is COc1cccc(C(=Cc2cccc([N+](=O)[O-])c2)C(C)=O)n1. The Balaban J connectivity index is 2.49. The zero-order valence-corrected chi connectivity index (χ0v) is 12.1. The number of nitro groups is 1. The van der Waals surface area contributed by atoms with E-state index in [1.54, 1.807) is 36.4 Å². The van der Waals surface area contributed by atoms with Gasteiger partial charge in [0.2, 0.25) is 5.88 Å². The molecule has 2 aromatic rings. The Bertz CT molecular complexity index is 753. The Morgan fingerprint density at radius 2 is 2.00 bits per heavy atom. The van der Waals surface area contributed by atoms with Crippen LogP contribution in [0.25, 0.3) is 11.6 Å². The molecule has 0 aliphatic heterocycles. The molecule has 0 radical (unpaired) electrons. The minimum atomic E-state index is -0.478. The van der Waals surface area contributed by atoms with E-state index < -0.39 is 4.92 Å². The molecule has 6 nitrogen and oxygen atoms in total. The van der Waals surface area contributed by atoms with Gasteiger partial charge in [-0.1, -0.05) is 18.2 Å². The van der Waals surface area contributed by atoms with Gasteiger partial charge in [-0.05, 0) is 24.6 Å². The number of hydrogen-bond donors (Lipinski definition) is 0. The van der Waals surface area contributed by atoms with E-state index in [9.17, 15) is 14.9 Å². The van der Waals surface area contributed by atoms with E-state index in [2.05, 4.69) is 4.98 Å². The Labute approximate surface area is 127 Å². The summed E-state index contributed by atoms with van der Waals surface area (Å²) in [7, 11) is 1.49. The van der Waals surface area contributed by atoms with Gasteiger partial charge in [0.15, 0.2) is 5.78 Å². The topological polar surface area (TPSA) is 82.3 Å². The lowest BCUT2D eigenvalue weighted by Crippen LogP contribution is -2.00. The molecule has 0 N–H and O–H groups in total. The second kappa shape index (κ2) is 6.62. The van der Waals surface area contributed by atoms with Crippen LogP contribution in [-0.4, -0.2) is 22.8 Å². The molecule has 0 aliphatic carbocycles. The minimum Gasteiger partial charge on any atom is -0.481 e. The van der Waals surface area contributed by atoms with Crippen molar-refractivity contribution in [3.05, 3.63) is 63.8 Å². The molecule has 2 rings (SSSR count). The summed E-state index contributed by atoms with van der Waals surface area (Å²) >= 11 is 0. The molecule has 1 aromatic heterocycles. The molecule has 1 aromatic carbocycles. The number of aromatic nitrogens is 1. The average molecular weight is 298 g/mol. The molecule has 0 amide bonds. The summed E-state index contributed by atoms with van der Waals surface area (Å²) < 4.78 is 5.05. The van der Waals surface area contributed by atoms with Crippen molar-refractivity contribution in [3.63, 3.8) is 0 Å². The first-order valence-electron chi connectivity index (χ1n) is 6.50. The number of ketones is 1. The predicted octanol–water partition coefficient (Wildman–Crippen LogP) is 3.13. The average Bonchev–Trinajstić information content (AvgIpc) is 2.52. The Kier molecular flexibility index (Phi) is 4.63. The fraction of sp³-hybridized carbons (Fsp3) is 0.125. The van der Waals surface area contributed by atoms with Gasteiger partial charge in [0.1, 0.15) is 0 Å². The van der Waals surface area contributed by atoms with Crippen molar-refractivity contribution in [3.8, 4) is 5.88 Å². The summed E-state index contributed by atoms with van der Waals surface area (Å²) in [5.74, 6) is 0.205. The number of benzene rings is 1. The highest BCUT2D eigenvalue weighted by atomic mass is 16.6. The van der Waals surface area contributed by atoms with Crippen LogP contribution < -0.4 is 4.74 Å². The van der Waals surface area contributed by atoms with Gasteiger partial charge in [-0.3, -0.25) is 14.9 Å². The number of carbonyl (C=O) groups excluding carboxylic acids is 1. The largest absolute Gasteiger partial charge is 0.481 e. The van der Waals surface area contributed by atoms with Crippen molar-refractivity contribution in [1.82, 2.24) is 4.98 Å². The molecule has 0 spiro atoms. The first kappa shape index (κ1) is 15.4. The monoisotopic (exact) mass is 298 g/mol. The standard InChI is InChI=1S/C16H14N2O4/c1-11(19)14(15-7-4-8-16(17-15)22-2)10-12-5-3-6-13(9-12)18(20)21/h3-10H,1-2H3. The normalized spacial score (nSPS) is 11.1. The van der Waals surface area contributed by atoms with Crippen molar-refractivity contribution in [2.45, 2.75) is 6.92 Å². The third-order valence-electron chi connectivity index (χ3n) is 2.98. The number of rotatable bonds is 5. The number of carbonyl (C=O) groups is 1. The predicted molar refractivity (Wildman–Crippen MR) is 82.4 cm³/mol. The van der Waals surface area contributed by atoms with E-state index >= 15 is 0 Å².